The molecule has 0 saturated heterocycles. The third-order valence-electron chi connectivity index (χ3n) is 5.40. The third kappa shape index (κ3) is 4.92. The summed E-state index contributed by atoms with van der Waals surface area (Å²) < 4.78 is 56.5. The lowest BCUT2D eigenvalue weighted by atomic mass is 9.39. The maximum absolute atomic E-state index is 12.2. The molecule has 0 unspecified atom stereocenters. The summed E-state index contributed by atoms with van der Waals surface area (Å²) in [4.78, 5) is 12.2. The van der Waals surface area contributed by atoms with E-state index >= 15 is 0 Å². The number of carbonyl (C=O) groups excluding carboxylic acids is 1. The molecule has 0 atom stereocenters. The van der Waals surface area contributed by atoms with Gasteiger partial charge in [0.25, 0.3) is 5.91 Å². The van der Waals surface area contributed by atoms with Crippen LogP contribution in [0.2, 0.25) is 0 Å². The number of carbonyl (C=O) groups is 1. The van der Waals surface area contributed by atoms with Crippen molar-refractivity contribution in [2.45, 2.75) is 43.3 Å². The van der Waals surface area contributed by atoms with Crippen LogP contribution in [0.3, 0.4) is 0 Å². The number of aryl methyl sites for hydroxylation is 1. The molecule has 0 radical (unpaired) electrons. The van der Waals surface area contributed by atoms with Gasteiger partial charge in [-0.3, -0.25) is 4.79 Å². The Kier molecular flexibility index (Phi) is 5.54. The van der Waals surface area contributed by atoms with E-state index in [-0.39, 0.29) is 42.8 Å². The largest absolute Gasteiger partial charge is 0.484 e. The van der Waals surface area contributed by atoms with Crippen LogP contribution in [0.4, 0.5) is 13.2 Å². The molecule has 8 nitrogen and oxygen atoms in total. The van der Waals surface area contributed by atoms with Crippen LogP contribution in [0.1, 0.15) is 30.7 Å². The number of nitrogens with one attached hydrogen (secondary N) is 1. The number of aromatic nitrogens is 2. The van der Waals surface area contributed by atoms with Crippen molar-refractivity contribution in [3.63, 3.8) is 0 Å². The smallest absolute Gasteiger partial charge is 0.414 e. The molecule has 11 heteroatoms. The maximum atomic E-state index is 12.2. The Morgan fingerprint density at radius 2 is 1.84 bits per heavy atom. The minimum absolute atomic E-state index is 0.0627. The van der Waals surface area contributed by atoms with Crippen molar-refractivity contribution >= 4 is 5.91 Å². The van der Waals surface area contributed by atoms with Crippen molar-refractivity contribution in [1.82, 2.24) is 15.5 Å². The van der Waals surface area contributed by atoms with Crippen LogP contribution in [0, 0.1) is 6.92 Å². The summed E-state index contributed by atoms with van der Waals surface area (Å²) in [6.07, 6.45) is -2.47. The first-order chi connectivity index (χ1) is 14.7. The first-order valence-electron chi connectivity index (χ1n) is 9.79. The number of nitrogens with zero attached hydrogens (tertiary/aromatic N) is 2. The Hall–Kier alpha value is -2.82. The lowest BCUT2D eigenvalue weighted by Gasteiger charge is -2.68. The predicted octanol–water partition coefficient (Wildman–Crippen LogP) is 2.71. The molecule has 0 aliphatic heterocycles. The standard InChI is InChI=1S/C20H22F3N3O5/c1-13-2-4-14(5-3-13)30-8-15(27)24-19-9-18(10-19,11-19)16-25-26-17(31-16)29-7-6-28-12-20(21,22)23/h2-5H,6-12H2,1H3,(H,24,27). The zero-order valence-electron chi connectivity index (χ0n) is 16.8. The molecule has 1 amide bonds. The number of hydrogen-bond donors (Lipinski definition) is 1. The second-order valence-electron chi connectivity index (χ2n) is 8.13. The number of amides is 1. The summed E-state index contributed by atoms with van der Waals surface area (Å²) in [6.45, 7) is 0.194. The zero-order chi connectivity index (χ0) is 22.1. The molecule has 1 N–H and O–H groups in total. The lowest BCUT2D eigenvalue weighted by Crippen LogP contribution is -2.77. The Labute approximate surface area is 176 Å². The summed E-state index contributed by atoms with van der Waals surface area (Å²) in [7, 11) is 0. The van der Waals surface area contributed by atoms with E-state index in [2.05, 4.69) is 20.3 Å². The quantitative estimate of drug-likeness (QED) is 0.567. The molecule has 1 heterocycles. The molecule has 3 aliphatic rings. The van der Waals surface area contributed by atoms with Crippen LogP contribution in [-0.4, -0.2) is 54.2 Å². The van der Waals surface area contributed by atoms with Crippen LogP contribution in [0.15, 0.2) is 28.7 Å². The molecule has 1 aromatic carbocycles. The molecule has 31 heavy (non-hydrogen) atoms. The van der Waals surface area contributed by atoms with Gasteiger partial charge < -0.3 is 23.9 Å². The molecular weight excluding hydrogens is 419 g/mol. The third-order valence-corrected chi connectivity index (χ3v) is 5.40. The van der Waals surface area contributed by atoms with Gasteiger partial charge in [-0.05, 0) is 38.3 Å². The number of alkyl halides is 3. The summed E-state index contributed by atoms with van der Waals surface area (Å²) in [5.74, 6) is 0.852. The second kappa shape index (κ2) is 8.03. The highest BCUT2D eigenvalue weighted by Crippen LogP contribution is 2.67. The molecule has 2 bridgehead atoms. The summed E-state index contributed by atoms with van der Waals surface area (Å²) >= 11 is 0. The Bertz CT molecular complexity index is 909. The normalized spacial score (nSPS) is 24.1. The average Bonchev–Trinajstić information content (AvgIpc) is 3.10. The van der Waals surface area contributed by atoms with Gasteiger partial charge in [-0.2, -0.15) is 13.2 Å². The number of hydrogen-bond acceptors (Lipinski definition) is 7. The first-order valence-corrected chi connectivity index (χ1v) is 9.79. The minimum Gasteiger partial charge on any atom is -0.484 e. The van der Waals surface area contributed by atoms with Crippen LogP contribution in [-0.2, 0) is 14.9 Å². The van der Waals surface area contributed by atoms with Gasteiger partial charge in [0.05, 0.1) is 12.0 Å². The molecule has 3 aliphatic carbocycles. The zero-order valence-corrected chi connectivity index (χ0v) is 16.8. The predicted molar refractivity (Wildman–Crippen MR) is 99.7 cm³/mol. The molecule has 0 spiro atoms. The fraction of sp³-hybridized carbons (Fsp3) is 0.550. The van der Waals surface area contributed by atoms with E-state index in [4.69, 9.17) is 13.9 Å². The second-order valence-corrected chi connectivity index (χ2v) is 8.13. The highest BCUT2D eigenvalue weighted by molar-refractivity contribution is 5.79. The van der Waals surface area contributed by atoms with E-state index in [9.17, 15) is 18.0 Å². The maximum Gasteiger partial charge on any atom is 0.414 e. The van der Waals surface area contributed by atoms with Gasteiger partial charge in [-0.15, -0.1) is 5.10 Å². The van der Waals surface area contributed by atoms with Crippen molar-refractivity contribution < 1.29 is 36.6 Å². The van der Waals surface area contributed by atoms with Crippen LogP contribution >= 0.6 is 0 Å². The van der Waals surface area contributed by atoms with Gasteiger partial charge in [0.1, 0.15) is 19.0 Å². The lowest BCUT2D eigenvalue weighted by molar-refractivity contribution is -0.175. The van der Waals surface area contributed by atoms with Crippen molar-refractivity contribution in [2.24, 2.45) is 0 Å². The fourth-order valence-corrected chi connectivity index (χ4v) is 4.12. The van der Waals surface area contributed by atoms with E-state index in [1.54, 1.807) is 0 Å². The van der Waals surface area contributed by atoms with Gasteiger partial charge in [0.2, 0.25) is 5.89 Å². The van der Waals surface area contributed by atoms with Gasteiger partial charge >= 0.3 is 12.3 Å². The highest BCUT2D eigenvalue weighted by Gasteiger charge is 2.71. The number of ether oxygens (including phenoxy) is 3. The monoisotopic (exact) mass is 441 g/mol. The van der Waals surface area contributed by atoms with Crippen molar-refractivity contribution in [2.75, 3.05) is 26.4 Å². The van der Waals surface area contributed by atoms with E-state index in [1.807, 2.05) is 31.2 Å². The van der Waals surface area contributed by atoms with Crippen LogP contribution < -0.4 is 14.8 Å². The van der Waals surface area contributed by atoms with Crippen molar-refractivity contribution in [3.05, 3.63) is 35.7 Å². The van der Waals surface area contributed by atoms with Crippen molar-refractivity contribution in [1.29, 1.82) is 0 Å². The van der Waals surface area contributed by atoms with E-state index in [1.165, 1.54) is 0 Å². The van der Waals surface area contributed by atoms with Gasteiger partial charge in [-0.25, -0.2) is 0 Å². The fourth-order valence-electron chi connectivity index (χ4n) is 4.12. The number of halogens is 3. The summed E-state index contributed by atoms with van der Waals surface area (Å²) in [6, 6.07) is 7.46. The molecule has 1 aromatic heterocycles. The van der Waals surface area contributed by atoms with Crippen LogP contribution in [0.25, 0.3) is 0 Å². The van der Waals surface area contributed by atoms with Gasteiger partial charge in [-0.1, -0.05) is 22.8 Å². The highest BCUT2D eigenvalue weighted by atomic mass is 19.4. The topological polar surface area (TPSA) is 95.7 Å². The average molecular weight is 441 g/mol. The SMILES string of the molecule is Cc1ccc(OCC(=O)NC23CC(c4nnc(OCCOCC(F)(F)F)o4)(C2)C3)cc1. The molecule has 3 saturated carbocycles. The first kappa shape index (κ1) is 21.4. The van der Waals surface area contributed by atoms with E-state index in [0.29, 0.717) is 30.9 Å². The number of benzene rings is 1. The van der Waals surface area contributed by atoms with Crippen molar-refractivity contribution in [3.8, 4) is 11.8 Å². The molecule has 5 rings (SSSR count). The van der Waals surface area contributed by atoms with E-state index < -0.39 is 12.8 Å². The van der Waals surface area contributed by atoms with Crippen LogP contribution in [0.5, 0.6) is 11.8 Å². The molecule has 3 fully saturated rings. The summed E-state index contributed by atoms with van der Waals surface area (Å²) in [5, 5.41) is 10.8. The Morgan fingerprint density at radius 3 is 2.52 bits per heavy atom. The number of rotatable bonds is 10. The molecule has 2 aromatic rings. The Balaban J connectivity index is 1.17. The molecular formula is C20H22F3N3O5. The Morgan fingerprint density at radius 1 is 1.13 bits per heavy atom. The van der Waals surface area contributed by atoms with Gasteiger partial charge in [0, 0.05) is 5.54 Å². The minimum atomic E-state index is -4.38. The molecule has 168 valence electrons. The van der Waals surface area contributed by atoms with Gasteiger partial charge in [0.15, 0.2) is 6.61 Å². The van der Waals surface area contributed by atoms with E-state index in [0.717, 1.165) is 5.56 Å². The summed E-state index contributed by atoms with van der Waals surface area (Å²) in [5.41, 5.74) is 0.543.